The van der Waals surface area contributed by atoms with E-state index in [1.807, 2.05) is 13.8 Å². The lowest BCUT2D eigenvalue weighted by molar-refractivity contribution is -0.218. The third-order valence-electron chi connectivity index (χ3n) is 2.59. The maximum atomic E-state index is 10.4. The van der Waals surface area contributed by atoms with Crippen molar-refractivity contribution >= 4 is 7.82 Å². The molecule has 0 aliphatic heterocycles. The molecule has 1 atom stereocenters. The molecule has 5 heteroatoms. The molecule has 0 aliphatic rings. The summed E-state index contributed by atoms with van der Waals surface area (Å²) in [6, 6.07) is 0. The van der Waals surface area contributed by atoms with Crippen LogP contribution in [0.1, 0.15) is 47.5 Å². The number of phosphoric acid groups is 1. The smallest absolute Gasteiger partial charge is 0.265 e. The van der Waals surface area contributed by atoms with Crippen molar-refractivity contribution in [3.63, 3.8) is 0 Å². The largest absolute Gasteiger partial charge is 0.756 e. The number of rotatable bonds is 6. The highest BCUT2D eigenvalue weighted by Crippen LogP contribution is 2.30. The van der Waals surface area contributed by atoms with Crippen LogP contribution in [0.3, 0.4) is 0 Å². The van der Waals surface area contributed by atoms with Crippen molar-refractivity contribution in [2.24, 2.45) is 5.41 Å². The van der Waals surface area contributed by atoms with E-state index in [9.17, 15) is 9.46 Å². The minimum atomic E-state index is -4.61. The Kier molecular flexibility index (Phi) is 7.08. The van der Waals surface area contributed by atoms with Crippen LogP contribution in [0.15, 0.2) is 23.3 Å². The Morgan fingerprint density at radius 3 is 2.22 bits per heavy atom. The maximum absolute atomic E-state index is 10.4. The molecular formula is C13H24O4P-. The maximum Gasteiger partial charge on any atom is 0.265 e. The monoisotopic (exact) mass is 275 g/mol. The summed E-state index contributed by atoms with van der Waals surface area (Å²) in [7, 11) is -4.61. The van der Waals surface area contributed by atoms with Crippen molar-refractivity contribution in [2.45, 2.75) is 47.5 Å². The minimum Gasteiger partial charge on any atom is -0.756 e. The summed E-state index contributed by atoms with van der Waals surface area (Å²) < 4.78 is 14.6. The molecule has 0 heterocycles. The van der Waals surface area contributed by atoms with Crippen LogP contribution in [0.25, 0.3) is 0 Å². The van der Waals surface area contributed by atoms with Crippen LogP contribution < -0.4 is 4.89 Å². The van der Waals surface area contributed by atoms with Gasteiger partial charge < -0.3 is 14.3 Å². The highest BCUT2D eigenvalue weighted by molar-refractivity contribution is 7.44. The van der Waals surface area contributed by atoms with Gasteiger partial charge in [-0.1, -0.05) is 44.1 Å². The quantitative estimate of drug-likeness (QED) is 0.597. The van der Waals surface area contributed by atoms with Crippen LogP contribution in [-0.4, -0.2) is 11.5 Å². The predicted molar refractivity (Wildman–Crippen MR) is 72.0 cm³/mol. The Balaban J connectivity index is 4.24. The molecule has 18 heavy (non-hydrogen) atoms. The highest BCUT2D eigenvalue weighted by atomic mass is 31.2. The first-order valence-electron chi connectivity index (χ1n) is 6.03. The summed E-state index contributed by atoms with van der Waals surface area (Å²) in [6.45, 7) is 10.3. The molecule has 106 valence electrons. The summed E-state index contributed by atoms with van der Waals surface area (Å²) in [6.07, 6.45) is 5.86. The Hall–Kier alpha value is -0.410. The van der Waals surface area contributed by atoms with Gasteiger partial charge in [0, 0.05) is 0 Å². The van der Waals surface area contributed by atoms with E-state index in [0.717, 1.165) is 24.0 Å². The van der Waals surface area contributed by atoms with Crippen LogP contribution in [0.5, 0.6) is 0 Å². The van der Waals surface area contributed by atoms with Gasteiger partial charge in [0.05, 0.1) is 6.61 Å². The van der Waals surface area contributed by atoms with E-state index in [4.69, 9.17) is 4.89 Å². The third kappa shape index (κ3) is 10.7. The Bertz CT molecular complexity index is 358. The normalized spacial score (nSPS) is 17.7. The molecule has 0 aliphatic carbocycles. The van der Waals surface area contributed by atoms with Crippen LogP contribution in [-0.2, 0) is 9.09 Å². The topological polar surface area (TPSA) is 69.6 Å². The van der Waals surface area contributed by atoms with Gasteiger partial charge in [0.25, 0.3) is 7.82 Å². The molecule has 0 bridgehead atoms. The van der Waals surface area contributed by atoms with Crippen molar-refractivity contribution in [3.8, 4) is 0 Å². The number of hydrogen-bond donors (Lipinski definition) is 1. The molecule has 0 aromatic heterocycles. The van der Waals surface area contributed by atoms with Crippen molar-refractivity contribution in [3.05, 3.63) is 23.3 Å². The van der Waals surface area contributed by atoms with Gasteiger partial charge in [-0.3, -0.25) is 4.57 Å². The molecule has 0 amide bonds. The molecule has 1 N–H and O–H groups in total. The summed E-state index contributed by atoms with van der Waals surface area (Å²) in [4.78, 5) is 18.8. The summed E-state index contributed by atoms with van der Waals surface area (Å²) in [5.41, 5.74) is 2.36. The summed E-state index contributed by atoms with van der Waals surface area (Å²) in [5, 5.41) is 0. The first-order chi connectivity index (χ1) is 8.01. The van der Waals surface area contributed by atoms with Gasteiger partial charge in [0.2, 0.25) is 0 Å². The van der Waals surface area contributed by atoms with E-state index in [-0.39, 0.29) is 6.61 Å². The zero-order valence-corrected chi connectivity index (χ0v) is 12.8. The third-order valence-corrected chi connectivity index (χ3v) is 3.07. The van der Waals surface area contributed by atoms with Crippen LogP contribution in [0, 0.1) is 5.41 Å². The van der Waals surface area contributed by atoms with E-state index < -0.39 is 7.82 Å². The van der Waals surface area contributed by atoms with Gasteiger partial charge in [0.1, 0.15) is 0 Å². The van der Waals surface area contributed by atoms with Gasteiger partial charge in [-0.25, -0.2) is 0 Å². The first kappa shape index (κ1) is 17.6. The van der Waals surface area contributed by atoms with Crippen molar-refractivity contribution < 1.29 is 18.9 Å². The van der Waals surface area contributed by atoms with Crippen LogP contribution in [0.2, 0.25) is 0 Å². The molecule has 0 fully saturated rings. The van der Waals surface area contributed by atoms with E-state index in [2.05, 4.69) is 31.4 Å². The molecule has 0 aromatic rings. The highest BCUT2D eigenvalue weighted by Gasteiger charge is 2.08. The van der Waals surface area contributed by atoms with E-state index >= 15 is 0 Å². The molecule has 0 saturated carbocycles. The van der Waals surface area contributed by atoms with Crippen molar-refractivity contribution in [1.29, 1.82) is 0 Å². The Morgan fingerprint density at radius 1 is 1.28 bits per heavy atom. The SMILES string of the molecule is CC(=C\CCC(C)(C)C)/C(C)=C/COP(=O)([O-])O. The molecule has 4 nitrogen and oxygen atoms in total. The Morgan fingerprint density at radius 2 is 1.78 bits per heavy atom. The van der Waals surface area contributed by atoms with Crippen LogP contribution >= 0.6 is 7.82 Å². The van der Waals surface area contributed by atoms with Gasteiger partial charge >= 0.3 is 0 Å². The average Bonchev–Trinajstić information content (AvgIpc) is 2.13. The molecule has 0 spiro atoms. The zero-order chi connectivity index (χ0) is 14.4. The lowest BCUT2D eigenvalue weighted by Crippen LogP contribution is -2.04. The standard InChI is InChI=1S/C13H25O4P/c1-11(7-6-9-13(3,4)5)12(2)8-10-17-18(14,15)16/h7-8H,6,9-10H2,1-5H3,(H2,14,15,16)/p-1/b11-7+,12-8+. The second kappa shape index (κ2) is 7.25. The fourth-order valence-electron chi connectivity index (χ4n) is 1.30. The lowest BCUT2D eigenvalue weighted by Gasteiger charge is -2.16. The average molecular weight is 275 g/mol. The molecule has 0 aromatic carbocycles. The van der Waals surface area contributed by atoms with Crippen LogP contribution in [0.4, 0.5) is 0 Å². The van der Waals surface area contributed by atoms with Gasteiger partial charge in [-0.05, 0) is 32.1 Å². The fourth-order valence-corrected chi connectivity index (χ4v) is 1.56. The van der Waals surface area contributed by atoms with Crippen molar-refractivity contribution in [2.75, 3.05) is 6.61 Å². The molecule has 0 rings (SSSR count). The number of hydrogen-bond acceptors (Lipinski definition) is 3. The van der Waals surface area contributed by atoms with E-state index in [1.165, 1.54) is 0 Å². The predicted octanol–water partition coefficient (Wildman–Crippen LogP) is 3.18. The zero-order valence-electron chi connectivity index (χ0n) is 11.9. The van der Waals surface area contributed by atoms with Gasteiger partial charge in [-0.15, -0.1) is 0 Å². The Labute approximate surface area is 110 Å². The first-order valence-corrected chi connectivity index (χ1v) is 7.53. The minimum absolute atomic E-state index is 0.131. The molecule has 0 radical (unpaired) electrons. The summed E-state index contributed by atoms with van der Waals surface area (Å²) >= 11 is 0. The molecule has 0 saturated heterocycles. The van der Waals surface area contributed by atoms with E-state index in [0.29, 0.717) is 5.41 Å². The van der Waals surface area contributed by atoms with Gasteiger partial charge in [0.15, 0.2) is 0 Å². The van der Waals surface area contributed by atoms with Crippen molar-refractivity contribution in [1.82, 2.24) is 0 Å². The second-order valence-electron chi connectivity index (χ2n) is 5.64. The number of phosphoric ester groups is 1. The molecular weight excluding hydrogens is 251 g/mol. The summed E-state index contributed by atoms with van der Waals surface area (Å²) in [5.74, 6) is 0. The second-order valence-corrected chi connectivity index (χ2v) is 6.83. The lowest BCUT2D eigenvalue weighted by atomic mass is 9.90. The fraction of sp³-hybridized carbons (Fsp3) is 0.692. The van der Waals surface area contributed by atoms with Gasteiger partial charge in [-0.2, -0.15) is 0 Å². The molecule has 1 unspecified atom stereocenters. The number of allylic oxidation sites excluding steroid dienone is 3. The van der Waals surface area contributed by atoms with E-state index in [1.54, 1.807) is 6.08 Å².